The highest BCUT2D eigenvalue weighted by molar-refractivity contribution is 5.98. The molecule has 2 aliphatic heterocycles. The molecule has 0 bridgehead atoms. The van der Waals surface area contributed by atoms with Crippen molar-refractivity contribution >= 4 is 17.3 Å². The molecule has 170 valence electrons. The van der Waals surface area contributed by atoms with E-state index in [-0.39, 0.29) is 17.7 Å². The van der Waals surface area contributed by atoms with Gasteiger partial charge in [-0.05, 0) is 51.7 Å². The van der Waals surface area contributed by atoms with Gasteiger partial charge >= 0.3 is 0 Å². The largest absolute Gasteiger partial charge is 0.348 e. The van der Waals surface area contributed by atoms with Crippen LogP contribution in [-0.2, 0) is 9.47 Å². The summed E-state index contributed by atoms with van der Waals surface area (Å²) >= 11 is 0. The Labute approximate surface area is 189 Å². The first kappa shape index (κ1) is 21.3. The Balaban J connectivity index is 1.17. The fraction of sp³-hybridized carbons (Fsp3) is 0.560. The van der Waals surface area contributed by atoms with Crippen LogP contribution in [0.2, 0.25) is 0 Å². The van der Waals surface area contributed by atoms with Gasteiger partial charge in [0.2, 0.25) is 0 Å². The molecule has 7 heteroatoms. The van der Waals surface area contributed by atoms with Crippen molar-refractivity contribution in [1.29, 1.82) is 0 Å². The highest BCUT2D eigenvalue weighted by atomic mass is 16.7. The van der Waals surface area contributed by atoms with Gasteiger partial charge in [-0.25, -0.2) is 4.68 Å². The molecule has 1 atom stereocenters. The minimum absolute atomic E-state index is 0.0927. The lowest BCUT2D eigenvalue weighted by atomic mass is 9.81. The number of rotatable bonds is 4. The molecule has 0 aromatic carbocycles. The van der Waals surface area contributed by atoms with Crippen molar-refractivity contribution in [1.82, 2.24) is 15.1 Å². The summed E-state index contributed by atoms with van der Waals surface area (Å²) in [7, 11) is 0. The maximum absolute atomic E-state index is 12.9. The Hall–Kier alpha value is -2.51. The highest BCUT2D eigenvalue weighted by Gasteiger charge is 2.41. The highest BCUT2D eigenvalue weighted by Crippen LogP contribution is 2.39. The lowest BCUT2D eigenvalue weighted by molar-refractivity contribution is -0.179. The van der Waals surface area contributed by atoms with E-state index in [9.17, 15) is 4.79 Å². The maximum atomic E-state index is 12.9. The van der Waals surface area contributed by atoms with Crippen LogP contribution in [0.4, 0.5) is 0 Å². The minimum Gasteiger partial charge on any atom is -0.348 e. The standard InChI is InChI=1S/C25H32N4O3/c1-17-3-6-21(7-4-17)29-18(2)22(16-27-29)24(30)28-20-5-8-23(26-15-20)19-9-11-25(12-10-19)31-13-14-32-25/h3,5-6,8,16,19-20H,4,7,9-15H2,1-2H3,(H,28,30). The molecule has 1 aromatic rings. The Morgan fingerprint density at radius 3 is 2.59 bits per heavy atom. The van der Waals surface area contributed by atoms with Crippen LogP contribution < -0.4 is 5.32 Å². The molecule has 1 N–H and O–H groups in total. The number of dihydropyridines is 1. The number of nitrogens with one attached hydrogen (secondary N) is 1. The van der Waals surface area contributed by atoms with Crippen LogP contribution >= 0.6 is 0 Å². The van der Waals surface area contributed by atoms with Crippen LogP contribution in [-0.4, -0.2) is 53.0 Å². The predicted octanol–water partition coefficient (Wildman–Crippen LogP) is 3.82. The molecule has 1 spiro atoms. The molecule has 4 aliphatic rings. The molecule has 3 heterocycles. The number of amides is 1. The molecule has 7 nitrogen and oxygen atoms in total. The van der Waals surface area contributed by atoms with E-state index in [2.05, 4.69) is 41.6 Å². The summed E-state index contributed by atoms with van der Waals surface area (Å²) in [5.41, 5.74) is 5.13. The Morgan fingerprint density at radius 1 is 1.16 bits per heavy atom. The molecular formula is C25H32N4O3. The molecule has 2 fully saturated rings. The molecule has 2 aliphatic carbocycles. The number of nitrogens with zero attached hydrogens (tertiary/aromatic N) is 3. The quantitative estimate of drug-likeness (QED) is 0.779. The fourth-order valence-corrected chi connectivity index (χ4v) is 5.11. The van der Waals surface area contributed by atoms with E-state index in [0.29, 0.717) is 31.2 Å². The summed E-state index contributed by atoms with van der Waals surface area (Å²) in [6.07, 6.45) is 15.9. The zero-order chi connectivity index (χ0) is 22.1. The molecule has 1 aromatic heterocycles. The number of carbonyl (C=O) groups excluding carboxylic acids is 1. The summed E-state index contributed by atoms with van der Waals surface area (Å²) in [6, 6.07) is -0.0927. The average Bonchev–Trinajstić information content (AvgIpc) is 3.42. The van der Waals surface area contributed by atoms with Crippen LogP contribution in [0.3, 0.4) is 0 Å². The van der Waals surface area contributed by atoms with Gasteiger partial charge in [-0.2, -0.15) is 5.10 Å². The third-order valence-corrected chi connectivity index (χ3v) is 7.13. The molecule has 1 saturated heterocycles. The molecular weight excluding hydrogens is 404 g/mol. The zero-order valence-corrected chi connectivity index (χ0v) is 19.0. The smallest absolute Gasteiger partial charge is 0.255 e. The molecule has 5 rings (SSSR count). The Morgan fingerprint density at radius 2 is 1.94 bits per heavy atom. The number of ether oxygens (including phenoxy) is 2. The van der Waals surface area contributed by atoms with Crippen molar-refractivity contribution in [3.8, 4) is 0 Å². The predicted molar refractivity (Wildman–Crippen MR) is 124 cm³/mol. The van der Waals surface area contributed by atoms with Crippen LogP contribution in [0, 0.1) is 12.8 Å². The number of hydrogen-bond acceptors (Lipinski definition) is 5. The number of aliphatic imine (C=N–C) groups is 1. The number of aromatic nitrogens is 2. The zero-order valence-electron chi connectivity index (χ0n) is 19.0. The first-order chi connectivity index (χ1) is 15.5. The summed E-state index contributed by atoms with van der Waals surface area (Å²) in [5.74, 6) is 0.0143. The van der Waals surface area contributed by atoms with Crippen molar-refractivity contribution < 1.29 is 14.3 Å². The van der Waals surface area contributed by atoms with Gasteiger partial charge in [0.25, 0.3) is 5.91 Å². The molecule has 1 amide bonds. The van der Waals surface area contributed by atoms with Crippen molar-refractivity contribution in [3.05, 3.63) is 47.3 Å². The van der Waals surface area contributed by atoms with Crippen molar-refractivity contribution in [2.45, 2.75) is 64.2 Å². The molecule has 0 radical (unpaired) electrons. The Bertz CT molecular complexity index is 1000. The van der Waals surface area contributed by atoms with Crippen molar-refractivity contribution in [2.24, 2.45) is 10.9 Å². The SMILES string of the molecule is CC1=CC=C(n2ncc(C(=O)NC3C=CC(C4CCC5(CC4)OCCO5)=NC3)c2C)CC1. The van der Waals surface area contributed by atoms with Gasteiger partial charge in [0.05, 0.1) is 43.3 Å². The van der Waals surface area contributed by atoms with E-state index < -0.39 is 0 Å². The first-order valence-electron chi connectivity index (χ1n) is 11.8. The normalized spacial score (nSPS) is 25.4. The van der Waals surface area contributed by atoms with Gasteiger partial charge < -0.3 is 14.8 Å². The number of carbonyl (C=O) groups is 1. The second-order valence-corrected chi connectivity index (χ2v) is 9.31. The van der Waals surface area contributed by atoms with E-state index in [0.717, 1.165) is 55.6 Å². The van der Waals surface area contributed by atoms with Crippen LogP contribution in [0.15, 0.2) is 41.1 Å². The fourth-order valence-electron chi connectivity index (χ4n) is 5.11. The maximum Gasteiger partial charge on any atom is 0.255 e. The second kappa shape index (κ2) is 8.79. The average molecular weight is 437 g/mol. The van der Waals surface area contributed by atoms with E-state index in [1.54, 1.807) is 6.20 Å². The topological polar surface area (TPSA) is 77.7 Å². The summed E-state index contributed by atoms with van der Waals surface area (Å²) in [5, 5.41) is 7.58. The summed E-state index contributed by atoms with van der Waals surface area (Å²) in [4.78, 5) is 17.7. The van der Waals surface area contributed by atoms with Gasteiger partial charge in [-0.3, -0.25) is 9.79 Å². The molecule has 1 unspecified atom stereocenters. The van der Waals surface area contributed by atoms with Gasteiger partial charge in [0.15, 0.2) is 5.79 Å². The van der Waals surface area contributed by atoms with Gasteiger partial charge in [0.1, 0.15) is 0 Å². The van der Waals surface area contributed by atoms with Crippen molar-refractivity contribution in [3.63, 3.8) is 0 Å². The lowest BCUT2D eigenvalue weighted by Gasteiger charge is -2.36. The minimum atomic E-state index is -0.336. The third kappa shape index (κ3) is 4.24. The summed E-state index contributed by atoms with van der Waals surface area (Å²) < 4.78 is 13.6. The van der Waals surface area contributed by atoms with Crippen LogP contribution in [0.1, 0.15) is 61.5 Å². The monoisotopic (exact) mass is 436 g/mol. The van der Waals surface area contributed by atoms with Crippen LogP contribution in [0.5, 0.6) is 0 Å². The first-order valence-corrected chi connectivity index (χ1v) is 11.8. The number of hydrogen-bond donors (Lipinski definition) is 1. The summed E-state index contributed by atoms with van der Waals surface area (Å²) in [6.45, 7) is 6.08. The number of allylic oxidation sites excluding steroid dienone is 5. The van der Waals surface area contributed by atoms with E-state index >= 15 is 0 Å². The van der Waals surface area contributed by atoms with Gasteiger partial charge in [-0.15, -0.1) is 0 Å². The second-order valence-electron chi connectivity index (χ2n) is 9.31. The Kier molecular flexibility index (Phi) is 5.86. The van der Waals surface area contributed by atoms with E-state index in [1.807, 2.05) is 11.6 Å². The van der Waals surface area contributed by atoms with E-state index in [4.69, 9.17) is 14.5 Å². The van der Waals surface area contributed by atoms with Crippen molar-refractivity contribution in [2.75, 3.05) is 19.8 Å². The van der Waals surface area contributed by atoms with E-state index in [1.165, 1.54) is 5.57 Å². The van der Waals surface area contributed by atoms with Gasteiger partial charge in [-0.1, -0.05) is 17.7 Å². The molecule has 32 heavy (non-hydrogen) atoms. The molecule has 1 saturated carbocycles. The van der Waals surface area contributed by atoms with Gasteiger partial charge in [0, 0.05) is 30.2 Å². The lowest BCUT2D eigenvalue weighted by Crippen LogP contribution is -2.39. The third-order valence-electron chi connectivity index (χ3n) is 7.13. The van der Waals surface area contributed by atoms with Crippen LogP contribution in [0.25, 0.3) is 5.70 Å².